The van der Waals surface area contributed by atoms with Gasteiger partial charge in [0.2, 0.25) is 17.5 Å². The number of fused-ring (bicyclic) bond motifs is 1. The topological polar surface area (TPSA) is 237 Å². The summed E-state index contributed by atoms with van der Waals surface area (Å²) >= 11 is 0. The summed E-state index contributed by atoms with van der Waals surface area (Å²) in [6.45, 7) is -0.493. The third-order valence-corrected chi connectivity index (χ3v) is 5.56. The van der Waals surface area contributed by atoms with Gasteiger partial charge >= 0.3 is 5.97 Å². The zero-order valence-electron chi connectivity index (χ0n) is 18.7. The molecule has 14 nitrogen and oxygen atoms in total. The van der Waals surface area contributed by atoms with Crippen LogP contribution in [-0.2, 0) is 9.53 Å². The van der Waals surface area contributed by atoms with Gasteiger partial charge in [0.15, 0.2) is 23.4 Å². The molecule has 8 N–H and O–H groups in total. The van der Waals surface area contributed by atoms with E-state index in [2.05, 4.69) is 0 Å². The van der Waals surface area contributed by atoms with E-state index >= 15 is 0 Å². The van der Waals surface area contributed by atoms with Crippen molar-refractivity contribution in [2.24, 2.45) is 0 Å². The zero-order chi connectivity index (χ0) is 27.0. The van der Waals surface area contributed by atoms with Crippen molar-refractivity contribution in [1.29, 1.82) is 0 Å². The van der Waals surface area contributed by atoms with Crippen LogP contribution in [0.3, 0.4) is 0 Å². The second-order valence-electron chi connectivity index (χ2n) is 8.03. The van der Waals surface area contributed by atoms with E-state index in [0.29, 0.717) is 0 Å². The highest BCUT2D eigenvalue weighted by Gasteiger charge is 2.48. The predicted octanol–water partition coefficient (Wildman–Crippen LogP) is -0.781. The number of ether oxygens (including phenoxy) is 3. The van der Waals surface area contributed by atoms with Crippen LogP contribution in [0.5, 0.6) is 28.7 Å². The van der Waals surface area contributed by atoms with Crippen molar-refractivity contribution >= 4 is 16.9 Å². The third-order valence-electron chi connectivity index (χ3n) is 5.56. The highest BCUT2D eigenvalue weighted by molar-refractivity contribution is 5.88. The molecule has 37 heavy (non-hydrogen) atoms. The average molecular weight is 522 g/mol. The molecule has 0 unspecified atom stereocenters. The summed E-state index contributed by atoms with van der Waals surface area (Å²) in [6, 6.07) is 5.72. The molecule has 198 valence electrons. The summed E-state index contributed by atoms with van der Waals surface area (Å²) in [5.74, 6) is -4.24. The number of hydrogen-bond acceptors (Lipinski definition) is 13. The fourth-order valence-electron chi connectivity index (χ4n) is 3.74. The van der Waals surface area contributed by atoms with Crippen LogP contribution in [0.1, 0.15) is 0 Å². The lowest BCUT2D eigenvalue weighted by Gasteiger charge is -2.38. The highest BCUT2D eigenvalue weighted by Crippen LogP contribution is 2.39. The Balaban J connectivity index is 1.75. The van der Waals surface area contributed by atoms with E-state index in [1.165, 1.54) is 18.2 Å². The fraction of sp³-hybridized carbons (Fsp3) is 0.304. The van der Waals surface area contributed by atoms with Crippen LogP contribution in [-0.4, -0.2) is 90.7 Å². The quantitative estimate of drug-likeness (QED) is 0.190. The number of aliphatic hydroxyl groups is 4. The standard InChI is InChI=1S/C23H22O14/c24-3-4-34-12-5-8(1-2-10(12)25)20-17(29)15(27)14-11(26)6-9(7-13(14)36-20)35-23-19(31)16(28)18(30)21(37-23)22(32)33/h1-2,5-7,16,18-19,21,23-26,28-31H,3-4H2,(H,32,33)/t16-,18-,19+,21-,23+/m0/s1. The van der Waals surface area contributed by atoms with Crippen molar-refractivity contribution in [2.45, 2.75) is 30.7 Å². The Labute approximate surface area is 206 Å². The van der Waals surface area contributed by atoms with Gasteiger partial charge in [0.25, 0.3) is 0 Å². The number of carboxylic acid groups (broad SMARTS) is 1. The number of aliphatic hydroxyl groups excluding tert-OH is 4. The van der Waals surface area contributed by atoms with Crippen LogP contribution < -0.4 is 14.9 Å². The molecule has 0 bridgehead atoms. The molecule has 0 radical (unpaired) electrons. The molecule has 1 aliphatic rings. The van der Waals surface area contributed by atoms with Crippen LogP contribution in [0.4, 0.5) is 0 Å². The number of rotatable bonds is 7. The Hall–Kier alpha value is -4.08. The van der Waals surface area contributed by atoms with Crippen molar-refractivity contribution in [2.75, 3.05) is 13.2 Å². The minimum Gasteiger partial charge on any atom is -0.507 e. The van der Waals surface area contributed by atoms with Gasteiger partial charge in [0.1, 0.15) is 47.4 Å². The summed E-state index contributed by atoms with van der Waals surface area (Å²) in [7, 11) is 0. The molecule has 1 fully saturated rings. The van der Waals surface area contributed by atoms with Gasteiger partial charge in [0.05, 0.1) is 6.61 Å². The second kappa shape index (κ2) is 10.1. The molecule has 4 rings (SSSR count). The third kappa shape index (κ3) is 4.83. The monoisotopic (exact) mass is 522 g/mol. The van der Waals surface area contributed by atoms with Crippen LogP contribution in [0, 0.1) is 0 Å². The normalized spacial score (nSPS) is 23.6. The fourth-order valence-corrected chi connectivity index (χ4v) is 3.74. The number of phenolic OH excluding ortho intramolecular Hbond substituents is 2. The Kier molecular flexibility index (Phi) is 7.11. The number of benzene rings is 2. The van der Waals surface area contributed by atoms with Crippen molar-refractivity contribution in [3.8, 4) is 40.1 Å². The van der Waals surface area contributed by atoms with Crippen LogP contribution in [0.25, 0.3) is 22.3 Å². The van der Waals surface area contributed by atoms with Crippen molar-refractivity contribution in [1.82, 2.24) is 0 Å². The Morgan fingerprint density at radius 1 is 0.973 bits per heavy atom. The Morgan fingerprint density at radius 3 is 2.38 bits per heavy atom. The number of carboxylic acids is 1. The minimum absolute atomic E-state index is 0.0780. The zero-order valence-corrected chi connectivity index (χ0v) is 18.7. The van der Waals surface area contributed by atoms with Gasteiger partial charge in [-0.2, -0.15) is 0 Å². The van der Waals surface area contributed by atoms with Gasteiger partial charge in [-0.25, -0.2) is 4.79 Å². The van der Waals surface area contributed by atoms with Gasteiger partial charge in [-0.15, -0.1) is 0 Å². The van der Waals surface area contributed by atoms with E-state index in [1.54, 1.807) is 0 Å². The van der Waals surface area contributed by atoms with E-state index < -0.39 is 59.0 Å². The van der Waals surface area contributed by atoms with Gasteiger partial charge in [-0.05, 0) is 18.2 Å². The molecule has 2 aromatic carbocycles. The van der Waals surface area contributed by atoms with E-state index in [4.69, 9.17) is 23.7 Å². The minimum atomic E-state index is -1.95. The summed E-state index contributed by atoms with van der Waals surface area (Å²) in [4.78, 5) is 24.1. The summed E-state index contributed by atoms with van der Waals surface area (Å²) in [5.41, 5.74) is -1.25. The molecule has 0 saturated carbocycles. The van der Waals surface area contributed by atoms with Crippen LogP contribution in [0.2, 0.25) is 0 Å². The predicted molar refractivity (Wildman–Crippen MR) is 120 cm³/mol. The first-order valence-corrected chi connectivity index (χ1v) is 10.7. The van der Waals surface area contributed by atoms with Crippen molar-refractivity contribution < 1.29 is 64.3 Å². The molecule has 14 heteroatoms. The number of carbonyl (C=O) groups is 1. The largest absolute Gasteiger partial charge is 0.507 e. The summed E-state index contributed by atoms with van der Waals surface area (Å²) in [6.07, 6.45) is -9.51. The van der Waals surface area contributed by atoms with E-state index in [1.807, 2.05) is 0 Å². The molecule has 1 aliphatic heterocycles. The number of hydrogen-bond donors (Lipinski definition) is 8. The van der Waals surface area contributed by atoms with Crippen molar-refractivity contribution in [3.05, 3.63) is 40.6 Å². The molecule has 5 atom stereocenters. The van der Waals surface area contributed by atoms with Gasteiger partial charge in [-0.3, -0.25) is 4.79 Å². The molecule has 0 aliphatic carbocycles. The van der Waals surface area contributed by atoms with Gasteiger partial charge in [-0.1, -0.05) is 0 Å². The summed E-state index contributed by atoms with van der Waals surface area (Å²) < 4.78 is 21.3. The molecule has 1 saturated heterocycles. The lowest BCUT2D eigenvalue weighted by atomic mass is 9.99. The number of phenols is 2. The Morgan fingerprint density at radius 2 is 1.70 bits per heavy atom. The SMILES string of the molecule is O=C(O)[C@H]1O[C@@H](Oc2cc(O)c3c(=O)c(O)c(-c4ccc(O)c(OCCO)c4)oc3c2)[C@H](O)[C@@H](O)[C@@H]1O. The maximum absolute atomic E-state index is 12.8. The molecule has 0 spiro atoms. The number of aromatic hydroxyl groups is 3. The van der Waals surface area contributed by atoms with Crippen molar-refractivity contribution in [3.63, 3.8) is 0 Å². The first kappa shape index (κ1) is 26.0. The lowest BCUT2D eigenvalue weighted by Crippen LogP contribution is -2.61. The van der Waals surface area contributed by atoms with Crippen LogP contribution in [0.15, 0.2) is 39.5 Å². The smallest absolute Gasteiger partial charge is 0.335 e. The van der Waals surface area contributed by atoms with E-state index in [9.17, 15) is 45.3 Å². The summed E-state index contributed by atoms with van der Waals surface area (Å²) in [5, 5.41) is 78.4. The lowest BCUT2D eigenvalue weighted by molar-refractivity contribution is -0.271. The van der Waals surface area contributed by atoms with Crippen LogP contribution >= 0.6 is 0 Å². The average Bonchev–Trinajstić information content (AvgIpc) is 2.85. The Bertz CT molecular complexity index is 1380. The maximum Gasteiger partial charge on any atom is 0.335 e. The maximum atomic E-state index is 12.8. The molecule has 0 amide bonds. The molecular weight excluding hydrogens is 500 g/mol. The van der Waals surface area contributed by atoms with E-state index in [0.717, 1.165) is 12.1 Å². The number of aliphatic carboxylic acids is 1. The highest BCUT2D eigenvalue weighted by atomic mass is 16.7. The second-order valence-corrected chi connectivity index (χ2v) is 8.03. The molecule has 2 heterocycles. The molecule has 1 aromatic heterocycles. The van der Waals surface area contributed by atoms with Gasteiger partial charge in [0, 0.05) is 17.7 Å². The molecule has 3 aromatic rings. The molecular formula is C23H22O14. The first-order valence-electron chi connectivity index (χ1n) is 10.7. The van der Waals surface area contributed by atoms with Gasteiger partial charge < -0.3 is 59.5 Å². The first-order chi connectivity index (χ1) is 17.5. The van der Waals surface area contributed by atoms with E-state index in [-0.39, 0.29) is 47.4 Å².